The van der Waals surface area contributed by atoms with Gasteiger partial charge < -0.3 is 4.74 Å². The number of ether oxygens (including phenoxy) is 1. The smallest absolute Gasteiger partial charge is 0.406 e. The number of rotatable bonds is 3. The predicted molar refractivity (Wildman–Crippen MR) is 66.8 cm³/mol. The topological polar surface area (TPSA) is 39.2 Å². The molecule has 2 rings (SSSR count). The fourth-order valence-electron chi connectivity index (χ4n) is 1.62. The van der Waals surface area contributed by atoms with Gasteiger partial charge in [-0.1, -0.05) is 23.7 Å². The molecule has 0 aliphatic heterocycles. The fourth-order valence-corrected chi connectivity index (χ4v) is 1.79. The molecule has 0 saturated heterocycles. The van der Waals surface area contributed by atoms with Gasteiger partial charge in [-0.2, -0.15) is 0 Å². The molecule has 0 amide bonds. The summed E-state index contributed by atoms with van der Waals surface area (Å²) in [7, 11) is 0. The van der Waals surface area contributed by atoms with Crippen LogP contribution < -0.4 is 4.74 Å². The average Bonchev–Trinajstić information content (AvgIpc) is 2.38. The van der Waals surface area contributed by atoms with Gasteiger partial charge in [-0.3, -0.25) is 4.79 Å². The summed E-state index contributed by atoms with van der Waals surface area (Å²) in [5, 5.41) is 0.160. The standard InChI is InChI=1S/C13H7ClF3NO2/c14-12-5-9(7-19)11(6-18-12)8-1-3-10(4-2-8)20-13(15,16)17/h1-7H. The Hall–Kier alpha value is -2.08. The van der Waals surface area contributed by atoms with Crippen LogP contribution in [0, 0.1) is 0 Å². The van der Waals surface area contributed by atoms with Crippen LogP contribution in [-0.2, 0) is 0 Å². The van der Waals surface area contributed by atoms with E-state index < -0.39 is 6.36 Å². The second kappa shape index (κ2) is 5.50. The zero-order chi connectivity index (χ0) is 14.8. The van der Waals surface area contributed by atoms with E-state index in [4.69, 9.17) is 11.6 Å². The molecule has 0 unspecified atom stereocenters. The van der Waals surface area contributed by atoms with E-state index in [1.54, 1.807) is 0 Å². The van der Waals surface area contributed by atoms with E-state index in [0.29, 0.717) is 23.0 Å². The molecule has 0 aliphatic carbocycles. The highest BCUT2D eigenvalue weighted by Crippen LogP contribution is 2.28. The van der Waals surface area contributed by atoms with Crippen molar-refractivity contribution in [2.75, 3.05) is 0 Å². The molecule has 0 N–H and O–H groups in total. The van der Waals surface area contributed by atoms with E-state index in [0.717, 1.165) is 12.1 Å². The van der Waals surface area contributed by atoms with Crippen molar-refractivity contribution in [3.63, 3.8) is 0 Å². The lowest BCUT2D eigenvalue weighted by atomic mass is 10.0. The van der Waals surface area contributed by atoms with Gasteiger partial charge >= 0.3 is 6.36 Å². The highest BCUT2D eigenvalue weighted by Gasteiger charge is 2.30. The predicted octanol–water partition coefficient (Wildman–Crippen LogP) is 4.11. The molecule has 2 aromatic rings. The quantitative estimate of drug-likeness (QED) is 0.632. The Morgan fingerprint density at radius 2 is 1.85 bits per heavy atom. The number of hydrogen-bond acceptors (Lipinski definition) is 3. The monoisotopic (exact) mass is 301 g/mol. The third-order valence-corrected chi connectivity index (χ3v) is 2.64. The zero-order valence-corrected chi connectivity index (χ0v) is 10.6. The van der Waals surface area contributed by atoms with Gasteiger partial charge in [0.25, 0.3) is 0 Å². The van der Waals surface area contributed by atoms with Gasteiger partial charge in [-0.25, -0.2) is 4.98 Å². The maximum Gasteiger partial charge on any atom is 0.573 e. The molecule has 0 radical (unpaired) electrons. The number of aldehydes is 1. The third kappa shape index (κ3) is 3.48. The minimum absolute atomic E-state index is 0.160. The van der Waals surface area contributed by atoms with Gasteiger partial charge in [-0.05, 0) is 23.8 Å². The highest BCUT2D eigenvalue weighted by atomic mass is 35.5. The summed E-state index contributed by atoms with van der Waals surface area (Å²) in [5.74, 6) is -0.337. The molecule has 1 heterocycles. The lowest BCUT2D eigenvalue weighted by molar-refractivity contribution is -0.274. The average molecular weight is 302 g/mol. The van der Waals surface area contributed by atoms with E-state index in [9.17, 15) is 18.0 Å². The lowest BCUT2D eigenvalue weighted by Crippen LogP contribution is -2.16. The molecule has 0 bridgehead atoms. The van der Waals surface area contributed by atoms with Crippen molar-refractivity contribution in [1.29, 1.82) is 0 Å². The second-order valence-electron chi connectivity index (χ2n) is 3.78. The van der Waals surface area contributed by atoms with Crippen LogP contribution in [0.25, 0.3) is 11.1 Å². The summed E-state index contributed by atoms with van der Waals surface area (Å²) >= 11 is 5.67. The summed E-state index contributed by atoms with van der Waals surface area (Å²) in [6.45, 7) is 0. The lowest BCUT2D eigenvalue weighted by Gasteiger charge is -2.10. The van der Waals surface area contributed by atoms with E-state index in [2.05, 4.69) is 9.72 Å². The Morgan fingerprint density at radius 1 is 1.20 bits per heavy atom. The first kappa shape index (κ1) is 14.3. The molecule has 0 aliphatic rings. The number of aromatic nitrogens is 1. The van der Waals surface area contributed by atoms with Gasteiger partial charge in [0.05, 0.1) is 0 Å². The molecule has 0 fully saturated rings. The number of alkyl halides is 3. The summed E-state index contributed by atoms with van der Waals surface area (Å²) < 4.78 is 39.9. The van der Waals surface area contributed by atoms with Gasteiger partial charge in [0, 0.05) is 17.3 Å². The Kier molecular flexibility index (Phi) is 3.94. The number of pyridine rings is 1. The molecule has 3 nitrogen and oxygen atoms in total. The summed E-state index contributed by atoms with van der Waals surface area (Å²) in [5.41, 5.74) is 1.31. The SMILES string of the molecule is O=Cc1cc(Cl)ncc1-c1ccc(OC(F)(F)F)cc1. The molecule has 1 aromatic carbocycles. The van der Waals surface area contributed by atoms with Crippen molar-refractivity contribution in [3.05, 3.63) is 47.2 Å². The van der Waals surface area contributed by atoms with Crippen LogP contribution in [-0.4, -0.2) is 17.6 Å². The van der Waals surface area contributed by atoms with E-state index in [-0.39, 0.29) is 10.9 Å². The van der Waals surface area contributed by atoms with Crippen molar-refractivity contribution in [3.8, 4) is 16.9 Å². The van der Waals surface area contributed by atoms with Crippen LogP contribution in [0.5, 0.6) is 5.75 Å². The van der Waals surface area contributed by atoms with Crippen LogP contribution >= 0.6 is 11.6 Å². The van der Waals surface area contributed by atoms with Crippen molar-refractivity contribution >= 4 is 17.9 Å². The van der Waals surface area contributed by atoms with Gasteiger partial charge in [0.2, 0.25) is 0 Å². The normalized spacial score (nSPS) is 11.2. The van der Waals surface area contributed by atoms with Crippen molar-refractivity contribution in [1.82, 2.24) is 4.98 Å². The first-order chi connectivity index (χ1) is 9.39. The van der Waals surface area contributed by atoms with E-state index in [1.807, 2.05) is 0 Å². The van der Waals surface area contributed by atoms with Gasteiger partial charge in [-0.15, -0.1) is 13.2 Å². The van der Waals surface area contributed by atoms with Crippen LogP contribution in [0.15, 0.2) is 36.5 Å². The van der Waals surface area contributed by atoms with Crippen molar-refractivity contribution in [2.24, 2.45) is 0 Å². The first-order valence-electron chi connectivity index (χ1n) is 5.36. The number of halogens is 4. The second-order valence-corrected chi connectivity index (χ2v) is 4.17. The van der Waals surface area contributed by atoms with Crippen molar-refractivity contribution < 1.29 is 22.7 Å². The van der Waals surface area contributed by atoms with Gasteiger partial charge in [0.1, 0.15) is 10.9 Å². The number of carbonyl (C=O) groups is 1. The minimum Gasteiger partial charge on any atom is -0.406 e. The number of benzene rings is 1. The zero-order valence-electron chi connectivity index (χ0n) is 9.82. The maximum absolute atomic E-state index is 12.0. The molecular formula is C13H7ClF3NO2. The van der Waals surface area contributed by atoms with Crippen LogP contribution in [0.1, 0.15) is 10.4 Å². The number of hydrogen-bond donors (Lipinski definition) is 0. The Morgan fingerprint density at radius 3 is 2.40 bits per heavy atom. The van der Waals surface area contributed by atoms with Crippen LogP contribution in [0.3, 0.4) is 0 Å². The fraction of sp³-hybridized carbons (Fsp3) is 0.0769. The minimum atomic E-state index is -4.74. The Bertz CT molecular complexity index is 627. The Balaban J connectivity index is 2.33. The van der Waals surface area contributed by atoms with Crippen molar-refractivity contribution in [2.45, 2.75) is 6.36 Å². The Labute approximate surface area is 117 Å². The molecular weight excluding hydrogens is 295 g/mol. The maximum atomic E-state index is 12.0. The van der Waals surface area contributed by atoms with Crippen LogP contribution in [0.4, 0.5) is 13.2 Å². The van der Waals surface area contributed by atoms with Crippen LogP contribution in [0.2, 0.25) is 5.15 Å². The number of nitrogens with zero attached hydrogens (tertiary/aromatic N) is 1. The molecule has 0 spiro atoms. The summed E-state index contributed by atoms with van der Waals surface area (Å²) in [4.78, 5) is 14.8. The third-order valence-electron chi connectivity index (χ3n) is 2.43. The van der Waals surface area contributed by atoms with E-state index >= 15 is 0 Å². The molecule has 1 aromatic heterocycles. The molecule has 7 heteroatoms. The molecule has 0 atom stereocenters. The van der Waals surface area contributed by atoms with Gasteiger partial charge in [0.15, 0.2) is 6.29 Å². The molecule has 20 heavy (non-hydrogen) atoms. The highest BCUT2D eigenvalue weighted by molar-refractivity contribution is 6.29. The first-order valence-corrected chi connectivity index (χ1v) is 5.74. The molecule has 0 saturated carbocycles. The summed E-state index contributed by atoms with van der Waals surface area (Å²) in [6.07, 6.45) is -2.76. The number of carbonyl (C=O) groups excluding carboxylic acids is 1. The van der Waals surface area contributed by atoms with E-state index in [1.165, 1.54) is 24.4 Å². The largest absolute Gasteiger partial charge is 0.573 e. The molecule has 104 valence electrons. The summed E-state index contributed by atoms with van der Waals surface area (Å²) in [6, 6.07) is 6.50.